The van der Waals surface area contributed by atoms with Gasteiger partial charge in [-0.25, -0.2) is 8.78 Å². The van der Waals surface area contributed by atoms with Gasteiger partial charge >= 0.3 is 0 Å². The molecule has 0 N–H and O–H groups in total. The van der Waals surface area contributed by atoms with E-state index in [4.69, 9.17) is 9.47 Å². The second kappa shape index (κ2) is 5.07. The van der Waals surface area contributed by atoms with Crippen LogP contribution in [0.15, 0.2) is 60.7 Å². The Morgan fingerprint density at radius 1 is 0.556 bits per heavy atom. The first-order chi connectivity index (χ1) is 13.2. The van der Waals surface area contributed by atoms with Gasteiger partial charge in [0.2, 0.25) is 6.79 Å². The summed E-state index contributed by atoms with van der Waals surface area (Å²) in [6, 6.07) is 18.0. The van der Waals surface area contributed by atoms with Crippen molar-refractivity contribution in [1.82, 2.24) is 0 Å². The van der Waals surface area contributed by atoms with E-state index in [1.807, 2.05) is 24.3 Å². The molecule has 0 aromatic heterocycles. The summed E-state index contributed by atoms with van der Waals surface area (Å²) < 4.78 is 41.5. The summed E-state index contributed by atoms with van der Waals surface area (Å²) in [6.07, 6.45) is 0. The quantitative estimate of drug-likeness (QED) is 0.302. The van der Waals surface area contributed by atoms with Gasteiger partial charge in [0.05, 0.1) is 0 Å². The average molecular weight is 358 g/mol. The third kappa shape index (κ3) is 1.98. The van der Waals surface area contributed by atoms with Gasteiger partial charge < -0.3 is 9.47 Å². The van der Waals surface area contributed by atoms with E-state index >= 15 is 8.78 Å². The average Bonchev–Trinajstić information content (AvgIpc) is 3.15. The maximum atomic E-state index is 15.4. The van der Waals surface area contributed by atoms with Crippen LogP contribution in [0.5, 0.6) is 11.5 Å². The number of hydrogen-bond donors (Lipinski definition) is 0. The van der Waals surface area contributed by atoms with Gasteiger partial charge in [-0.15, -0.1) is 0 Å². The molecule has 130 valence electrons. The van der Waals surface area contributed by atoms with Gasteiger partial charge in [0.1, 0.15) is 11.6 Å². The highest BCUT2D eigenvalue weighted by Gasteiger charge is 2.18. The van der Waals surface area contributed by atoms with Gasteiger partial charge in [-0.1, -0.05) is 24.3 Å². The van der Waals surface area contributed by atoms with Crippen LogP contribution in [0.25, 0.3) is 43.1 Å². The van der Waals surface area contributed by atoms with E-state index in [0.29, 0.717) is 22.3 Å². The van der Waals surface area contributed by atoms with Crippen molar-refractivity contribution in [2.75, 3.05) is 6.79 Å². The van der Waals surface area contributed by atoms with E-state index in [9.17, 15) is 0 Å². The standard InChI is InChI=1S/C23H12F2O2/c24-22-16-5-12-3-1-2-4-13(12)6-17(16)23(25)19-8-15-10-21-20(26-11-27-21)9-14(15)7-18(19)22/h1-10H,11H2. The molecule has 0 radical (unpaired) electrons. The second-order valence-corrected chi connectivity index (χ2v) is 6.82. The Morgan fingerprint density at radius 3 is 1.41 bits per heavy atom. The first-order valence-electron chi connectivity index (χ1n) is 8.66. The van der Waals surface area contributed by atoms with Crippen molar-refractivity contribution in [3.63, 3.8) is 0 Å². The molecular formula is C23H12F2O2. The van der Waals surface area contributed by atoms with Crippen molar-refractivity contribution in [2.24, 2.45) is 0 Å². The van der Waals surface area contributed by atoms with E-state index in [1.165, 1.54) is 0 Å². The molecule has 0 saturated heterocycles. The highest BCUT2D eigenvalue weighted by molar-refractivity contribution is 6.09. The van der Waals surface area contributed by atoms with Gasteiger partial charge in [0.25, 0.3) is 0 Å². The van der Waals surface area contributed by atoms with Crippen molar-refractivity contribution in [2.45, 2.75) is 0 Å². The maximum Gasteiger partial charge on any atom is 0.231 e. The van der Waals surface area contributed by atoms with Crippen molar-refractivity contribution in [1.29, 1.82) is 0 Å². The molecule has 0 aliphatic carbocycles. The number of rotatable bonds is 0. The van der Waals surface area contributed by atoms with Crippen LogP contribution in [0, 0.1) is 11.6 Å². The molecule has 0 spiro atoms. The topological polar surface area (TPSA) is 18.5 Å². The minimum absolute atomic E-state index is 0.157. The van der Waals surface area contributed by atoms with Crippen LogP contribution < -0.4 is 9.47 Å². The minimum atomic E-state index is -0.410. The third-order valence-electron chi connectivity index (χ3n) is 5.30. The molecule has 0 bridgehead atoms. The van der Waals surface area contributed by atoms with Crippen LogP contribution in [0.2, 0.25) is 0 Å². The Hall–Kier alpha value is -3.40. The summed E-state index contributed by atoms with van der Waals surface area (Å²) in [4.78, 5) is 0. The van der Waals surface area contributed by atoms with E-state index in [0.717, 1.165) is 21.5 Å². The number of fused-ring (bicyclic) bond motifs is 5. The van der Waals surface area contributed by atoms with Crippen LogP contribution in [0.4, 0.5) is 8.78 Å². The predicted molar refractivity (Wildman–Crippen MR) is 103 cm³/mol. The number of halogens is 2. The molecule has 0 amide bonds. The second-order valence-electron chi connectivity index (χ2n) is 6.82. The van der Waals surface area contributed by atoms with Crippen LogP contribution in [-0.4, -0.2) is 6.79 Å². The summed E-state index contributed by atoms with van der Waals surface area (Å²) in [5, 5.41) is 4.44. The lowest BCUT2D eigenvalue weighted by Crippen LogP contribution is -1.92. The molecule has 0 saturated carbocycles. The first kappa shape index (κ1) is 14.7. The fraction of sp³-hybridized carbons (Fsp3) is 0.0435. The molecule has 0 atom stereocenters. The van der Waals surface area contributed by atoms with Crippen molar-refractivity contribution in [3.05, 3.63) is 72.3 Å². The summed E-state index contributed by atoms with van der Waals surface area (Å²) in [5.74, 6) is 0.419. The maximum absolute atomic E-state index is 15.4. The number of ether oxygens (including phenoxy) is 2. The molecule has 1 aliphatic heterocycles. The SMILES string of the molecule is Fc1c2cc3ccccc3cc2c(F)c2cc3cc4c(cc3cc12)OCO4. The molecule has 0 unspecified atom stereocenters. The van der Waals surface area contributed by atoms with Gasteiger partial charge in [0, 0.05) is 21.5 Å². The summed E-state index contributed by atoms with van der Waals surface area (Å²) in [7, 11) is 0. The molecule has 5 aromatic rings. The smallest absolute Gasteiger partial charge is 0.231 e. The molecular weight excluding hydrogens is 346 g/mol. The zero-order chi connectivity index (χ0) is 18.1. The Morgan fingerprint density at radius 2 is 0.963 bits per heavy atom. The van der Waals surface area contributed by atoms with Gasteiger partial charge in [-0.05, 0) is 57.9 Å². The third-order valence-corrected chi connectivity index (χ3v) is 5.30. The molecule has 0 fully saturated rings. The lowest BCUT2D eigenvalue weighted by atomic mass is 9.96. The largest absolute Gasteiger partial charge is 0.454 e. The highest BCUT2D eigenvalue weighted by atomic mass is 19.1. The normalized spacial score (nSPS) is 13.3. The summed E-state index contributed by atoms with van der Waals surface area (Å²) >= 11 is 0. The number of benzene rings is 5. The zero-order valence-corrected chi connectivity index (χ0v) is 14.1. The monoisotopic (exact) mass is 358 g/mol. The van der Waals surface area contributed by atoms with Crippen molar-refractivity contribution in [3.8, 4) is 11.5 Å². The molecule has 6 rings (SSSR count). The van der Waals surface area contributed by atoms with E-state index in [2.05, 4.69) is 0 Å². The van der Waals surface area contributed by atoms with E-state index in [-0.39, 0.29) is 17.6 Å². The van der Waals surface area contributed by atoms with Crippen molar-refractivity contribution < 1.29 is 18.3 Å². The van der Waals surface area contributed by atoms with Crippen LogP contribution in [0.1, 0.15) is 0 Å². The van der Waals surface area contributed by atoms with Crippen molar-refractivity contribution >= 4 is 43.1 Å². The van der Waals surface area contributed by atoms with Crippen LogP contribution in [-0.2, 0) is 0 Å². The summed E-state index contributed by atoms with van der Waals surface area (Å²) in [6.45, 7) is 0.157. The highest BCUT2D eigenvalue weighted by Crippen LogP contribution is 2.40. The van der Waals surface area contributed by atoms with Gasteiger partial charge in [-0.3, -0.25) is 0 Å². The van der Waals surface area contributed by atoms with Crippen LogP contribution >= 0.6 is 0 Å². The molecule has 5 aromatic carbocycles. The molecule has 1 aliphatic rings. The fourth-order valence-corrected chi connectivity index (χ4v) is 3.95. The number of hydrogen-bond acceptors (Lipinski definition) is 2. The van der Waals surface area contributed by atoms with E-state index in [1.54, 1.807) is 36.4 Å². The Labute approximate surface area is 152 Å². The van der Waals surface area contributed by atoms with Gasteiger partial charge in [-0.2, -0.15) is 0 Å². The zero-order valence-electron chi connectivity index (χ0n) is 14.1. The predicted octanol–water partition coefficient (Wildman–Crippen LogP) is 6.31. The first-order valence-corrected chi connectivity index (χ1v) is 8.66. The van der Waals surface area contributed by atoms with Gasteiger partial charge in [0.15, 0.2) is 11.5 Å². The summed E-state index contributed by atoms with van der Waals surface area (Å²) in [5.41, 5.74) is 0. The molecule has 4 heteroatoms. The Bertz CT molecular complexity index is 1320. The fourth-order valence-electron chi connectivity index (χ4n) is 3.95. The van der Waals surface area contributed by atoms with Crippen LogP contribution in [0.3, 0.4) is 0 Å². The molecule has 2 nitrogen and oxygen atoms in total. The molecule has 1 heterocycles. The Balaban J connectivity index is 1.78. The Kier molecular flexibility index (Phi) is 2.77. The molecule has 27 heavy (non-hydrogen) atoms. The minimum Gasteiger partial charge on any atom is -0.454 e. The lowest BCUT2D eigenvalue weighted by molar-refractivity contribution is 0.174. The lowest BCUT2D eigenvalue weighted by Gasteiger charge is -2.11. The van der Waals surface area contributed by atoms with E-state index < -0.39 is 11.6 Å².